The fourth-order valence-corrected chi connectivity index (χ4v) is 2.94. The van der Waals surface area contributed by atoms with E-state index in [2.05, 4.69) is 37.0 Å². The molecule has 0 aliphatic heterocycles. The first-order valence-electron chi connectivity index (χ1n) is 8.56. The Bertz CT molecular complexity index is 724. The molecular formula is C17H24F3IN6S. The molecule has 0 bridgehead atoms. The molecule has 0 saturated carbocycles. The molecule has 0 saturated heterocycles. The maximum absolute atomic E-state index is 12.7. The van der Waals surface area contributed by atoms with Gasteiger partial charge in [-0.2, -0.15) is 13.2 Å². The molecule has 0 amide bonds. The van der Waals surface area contributed by atoms with Crippen molar-refractivity contribution in [1.29, 1.82) is 0 Å². The number of alkyl halides is 3. The van der Waals surface area contributed by atoms with Crippen molar-refractivity contribution in [3.8, 4) is 0 Å². The van der Waals surface area contributed by atoms with Gasteiger partial charge in [0.25, 0.3) is 0 Å². The van der Waals surface area contributed by atoms with Gasteiger partial charge in [0.15, 0.2) is 5.96 Å². The number of nitrogens with one attached hydrogen (secondary N) is 2. The number of guanidine groups is 1. The minimum Gasteiger partial charge on any atom is -0.357 e. The van der Waals surface area contributed by atoms with Crippen molar-refractivity contribution in [3.63, 3.8) is 0 Å². The SMILES string of the molecule is CCNC(=NCCNc1nccc(C(F)(F)F)n1)N(C)CCc1cccs1.I. The smallest absolute Gasteiger partial charge is 0.357 e. The predicted octanol–water partition coefficient (Wildman–Crippen LogP) is 3.73. The Labute approximate surface area is 183 Å². The first-order valence-corrected chi connectivity index (χ1v) is 9.44. The van der Waals surface area contributed by atoms with E-state index < -0.39 is 11.9 Å². The van der Waals surface area contributed by atoms with E-state index in [0.717, 1.165) is 37.7 Å². The third-order valence-corrected chi connectivity index (χ3v) is 4.51. The maximum atomic E-state index is 12.7. The van der Waals surface area contributed by atoms with Gasteiger partial charge in [-0.15, -0.1) is 35.3 Å². The number of likely N-dealkylation sites (N-methyl/N-ethyl adjacent to an activating group) is 1. The first-order chi connectivity index (χ1) is 12.9. The summed E-state index contributed by atoms with van der Waals surface area (Å²) < 4.78 is 38.0. The van der Waals surface area contributed by atoms with Gasteiger partial charge in [0.1, 0.15) is 5.69 Å². The second-order valence-corrected chi connectivity index (χ2v) is 6.71. The standard InChI is InChI=1S/C17H23F3N6S.HI/c1-3-21-16(26(2)11-7-13-5-4-12-27-13)24-10-9-23-15-22-8-6-14(25-15)17(18,19)20;/h4-6,8,12H,3,7,9-11H2,1-2H3,(H,21,24)(H,22,23,25);1H. The lowest BCUT2D eigenvalue weighted by atomic mass is 10.3. The Hall–Kier alpha value is -1.63. The zero-order valence-corrected chi connectivity index (χ0v) is 18.8. The van der Waals surface area contributed by atoms with E-state index in [1.165, 1.54) is 4.88 Å². The van der Waals surface area contributed by atoms with Crippen LogP contribution in [0.15, 0.2) is 34.8 Å². The summed E-state index contributed by atoms with van der Waals surface area (Å²) in [5.41, 5.74) is -0.967. The summed E-state index contributed by atoms with van der Waals surface area (Å²) in [6.45, 7) is 4.24. The number of aliphatic imine (C=N–C) groups is 1. The lowest BCUT2D eigenvalue weighted by Crippen LogP contribution is -2.40. The summed E-state index contributed by atoms with van der Waals surface area (Å²) in [5, 5.41) is 8.04. The Morgan fingerprint density at radius 2 is 2.11 bits per heavy atom. The van der Waals surface area contributed by atoms with Crippen LogP contribution in [0.5, 0.6) is 0 Å². The Kier molecular flexibility index (Phi) is 10.5. The highest BCUT2D eigenvalue weighted by atomic mass is 127. The van der Waals surface area contributed by atoms with Crippen LogP contribution < -0.4 is 10.6 Å². The molecule has 2 N–H and O–H groups in total. The molecule has 2 aromatic heterocycles. The van der Waals surface area contributed by atoms with Crippen molar-refractivity contribution in [2.24, 2.45) is 4.99 Å². The van der Waals surface area contributed by atoms with Crippen LogP contribution in [0.2, 0.25) is 0 Å². The van der Waals surface area contributed by atoms with E-state index in [4.69, 9.17) is 0 Å². The van der Waals surface area contributed by atoms with Gasteiger partial charge in [-0.25, -0.2) is 9.97 Å². The number of thiophene rings is 1. The van der Waals surface area contributed by atoms with Crippen molar-refractivity contribution in [2.75, 3.05) is 38.5 Å². The summed E-state index contributed by atoms with van der Waals surface area (Å²) >= 11 is 1.72. The lowest BCUT2D eigenvalue weighted by molar-refractivity contribution is -0.141. The van der Waals surface area contributed by atoms with Gasteiger partial charge in [-0.1, -0.05) is 6.07 Å². The fourth-order valence-electron chi connectivity index (χ4n) is 2.24. The van der Waals surface area contributed by atoms with Crippen LogP contribution in [0.25, 0.3) is 0 Å². The van der Waals surface area contributed by atoms with Crippen molar-refractivity contribution >= 4 is 47.2 Å². The summed E-state index contributed by atoms with van der Waals surface area (Å²) in [5.74, 6) is 0.692. The first kappa shape index (κ1) is 24.4. The molecule has 0 radical (unpaired) electrons. The van der Waals surface area contributed by atoms with Crippen LogP contribution in [-0.4, -0.2) is 54.1 Å². The van der Waals surface area contributed by atoms with Crippen molar-refractivity contribution in [1.82, 2.24) is 20.2 Å². The number of hydrogen-bond acceptors (Lipinski definition) is 5. The number of halogens is 4. The molecule has 0 atom stereocenters. The molecule has 2 rings (SSSR count). The highest BCUT2D eigenvalue weighted by Crippen LogP contribution is 2.27. The highest BCUT2D eigenvalue weighted by Gasteiger charge is 2.32. The molecule has 0 aliphatic carbocycles. The van der Waals surface area contributed by atoms with Gasteiger partial charge >= 0.3 is 6.18 Å². The molecule has 2 heterocycles. The minimum absolute atomic E-state index is 0. The molecule has 0 aliphatic rings. The Balaban J connectivity index is 0.00000392. The second-order valence-electron chi connectivity index (χ2n) is 5.68. The van der Waals surface area contributed by atoms with E-state index in [1.807, 2.05) is 24.9 Å². The summed E-state index contributed by atoms with van der Waals surface area (Å²) in [7, 11) is 1.96. The third kappa shape index (κ3) is 8.17. The van der Waals surface area contributed by atoms with Gasteiger partial charge in [0, 0.05) is 37.8 Å². The summed E-state index contributed by atoms with van der Waals surface area (Å²) in [6, 6.07) is 4.97. The van der Waals surface area contributed by atoms with E-state index in [1.54, 1.807) is 11.3 Å². The van der Waals surface area contributed by atoms with Crippen molar-refractivity contribution in [2.45, 2.75) is 19.5 Å². The van der Waals surface area contributed by atoms with Crippen molar-refractivity contribution < 1.29 is 13.2 Å². The maximum Gasteiger partial charge on any atom is 0.433 e. The van der Waals surface area contributed by atoms with Crippen LogP contribution in [0, 0.1) is 0 Å². The number of hydrogen-bond donors (Lipinski definition) is 2. The third-order valence-electron chi connectivity index (χ3n) is 3.57. The molecule has 0 aromatic carbocycles. The molecular weight excluding hydrogens is 504 g/mol. The van der Waals surface area contributed by atoms with Crippen LogP contribution in [0.1, 0.15) is 17.5 Å². The molecule has 28 heavy (non-hydrogen) atoms. The number of aromatic nitrogens is 2. The van der Waals surface area contributed by atoms with Crippen LogP contribution in [0.3, 0.4) is 0 Å². The topological polar surface area (TPSA) is 65.4 Å². The quantitative estimate of drug-likeness (QED) is 0.237. The van der Waals surface area contributed by atoms with Gasteiger partial charge in [0.05, 0.1) is 6.54 Å². The molecule has 6 nitrogen and oxygen atoms in total. The average Bonchev–Trinajstić information content (AvgIpc) is 3.15. The fraction of sp³-hybridized carbons (Fsp3) is 0.471. The number of anilines is 1. The highest BCUT2D eigenvalue weighted by molar-refractivity contribution is 14.0. The molecule has 0 fully saturated rings. The van der Waals surface area contributed by atoms with Crippen LogP contribution in [-0.2, 0) is 12.6 Å². The molecule has 11 heteroatoms. The van der Waals surface area contributed by atoms with Gasteiger partial charge < -0.3 is 15.5 Å². The predicted molar refractivity (Wildman–Crippen MR) is 118 cm³/mol. The van der Waals surface area contributed by atoms with E-state index in [-0.39, 0.29) is 29.9 Å². The number of nitrogens with zero attached hydrogens (tertiary/aromatic N) is 4. The molecule has 0 unspecified atom stereocenters. The van der Waals surface area contributed by atoms with E-state index in [0.29, 0.717) is 13.1 Å². The van der Waals surface area contributed by atoms with Gasteiger partial charge in [-0.3, -0.25) is 4.99 Å². The largest absolute Gasteiger partial charge is 0.433 e. The normalized spacial score (nSPS) is 11.7. The van der Waals surface area contributed by atoms with Crippen LogP contribution in [0.4, 0.5) is 19.1 Å². The monoisotopic (exact) mass is 528 g/mol. The molecule has 156 valence electrons. The van der Waals surface area contributed by atoms with E-state index in [9.17, 15) is 13.2 Å². The Morgan fingerprint density at radius 1 is 1.32 bits per heavy atom. The van der Waals surface area contributed by atoms with Gasteiger partial charge in [0.2, 0.25) is 5.95 Å². The second kappa shape index (κ2) is 12.0. The summed E-state index contributed by atoms with van der Waals surface area (Å²) in [6.07, 6.45) is -2.47. The zero-order chi connectivity index (χ0) is 19.7. The van der Waals surface area contributed by atoms with E-state index >= 15 is 0 Å². The minimum atomic E-state index is -4.49. The Morgan fingerprint density at radius 3 is 2.75 bits per heavy atom. The van der Waals surface area contributed by atoms with Crippen LogP contribution >= 0.6 is 35.3 Å². The molecule has 2 aromatic rings. The number of rotatable bonds is 8. The average molecular weight is 528 g/mol. The summed E-state index contributed by atoms with van der Waals surface area (Å²) in [4.78, 5) is 15.1. The van der Waals surface area contributed by atoms with Gasteiger partial charge in [-0.05, 0) is 30.9 Å². The lowest BCUT2D eigenvalue weighted by Gasteiger charge is -2.21. The van der Waals surface area contributed by atoms with Crippen molar-refractivity contribution in [3.05, 3.63) is 40.3 Å². The zero-order valence-electron chi connectivity index (χ0n) is 15.7. The molecule has 0 spiro atoms.